The molecule has 2 unspecified atom stereocenters. The molecule has 0 aromatic heterocycles. The van der Waals surface area contributed by atoms with E-state index in [0.29, 0.717) is 21.4 Å². The lowest BCUT2D eigenvalue weighted by Gasteiger charge is -2.29. The first-order chi connectivity index (χ1) is 12.8. The van der Waals surface area contributed by atoms with Crippen molar-refractivity contribution in [3.63, 3.8) is 0 Å². The Morgan fingerprint density at radius 1 is 1.22 bits per heavy atom. The van der Waals surface area contributed by atoms with Crippen LogP contribution in [0, 0.1) is 0 Å². The van der Waals surface area contributed by atoms with Crippen LogP contribution >= 0.6 is 23.2 Å². The molecule has 1 aliphatic heterocycles. The summed E-state index contributed by atoms with van der Waals surface area (Å²) in [6, 6.07) is 9.83. The number of fused-ring (bicyclic) bond motifs is 1. The van der Waals surface area contributed by atoms with Gasteiger partial charge in [0.15, 0.2) is 0 Å². The van der Waals surface area contributed by atoms with E-state index in [2.05, 4.69) is 0 Å². The number of carbonyl (C=O) groups is 3. The van der Waals surface area contributed by atoms with Crippen molar-refractivity contribution in [2.45, 2.75) is 25.3 Å². The topological polar surface area (TPSA) is 63.7 Å². The van der Waals surface area contributed by atoms with Crippen molar-refractivity contribution in [2.24, 2.45) is 0 Å². The number of halogens is 2. The molecule has 0 saturated carbocycles. The van der Waals surface area contributed by atoms with Crippen LogP contribution in [-0.4, -0.2) is 30.1 Å². The third-order valence-electron chi connectivity index (χ3n) is 4.68. The first-order valence-corrected chi connectivity index (χ1v) is 9.07. The van der Waals surface area contributed by atoms with E-state index in [0.717, 1.165) is 17.4 Å². The molecule has 0 fully saturated rings. The minimum Gasteiger partial charge on any atom is -0.427 e. The second-order valence-corrected chi connectivity index (χ2v) is 7.20. The molecule has 2 atom stereocenters. The first kappa shape index (κ1) is 19.4. The van der Waals surface area contributed by atoms with Crippen LogP contribution in [0.25, 0.3) is 0 Å². The van der Waals surface area contributed by atoms with Gasteiger partial charge in [-0.2, -0.15) is 0 Å². The molecule has 1 aliphatic rings. The Bertz CT molecular complexity index is 928. The Hall–Kier alpha value is -2.37. The molecular formula is C20H17Cl2NO4. The van der Waals surface area contributed by atoms with Crippen molar-refractivity contribution < 1.29 is 19.1 Å². The van der Waals surface area contributed by atoms with Gasteiger partial charge in [0.05, 0.1) is 16.1 Å². The molecule has 0 bridgehead atoms. The van der Waals surface area contributed by atoms with E-state index < -0.39 is 5.97 Å². The summed E-state index contributed by atoms with van der Waals surface area (Å²) in [6.07, 6.45) is 1.04. The molecular weight excluding hydrogens is 389 g/mol. The van der Waals surface area contributed by atoms with Gasteiger partial charge in [0.25, 0.3) is 5.91 Å². The zero-order chi connectivity index (χ0) is 19.7. The molecule has 2 aromatic rings. The lowest BCUT2D eigenvalue weighted by molar-refractivity contribution is -0.131. The van der Waals surface area contributed by atoms with E-state index in [9.17, 15) is 14.4 Å². The van der Waals surface area contributed by atoms with Gasteiger partial charge < -0.3 is 14.4 Å². The van der Waals surface area contributed by atoms with E-state index >= 15 is 0 Å². The molecule has 0 spiro atoms. The Kier molecular flexibility index (Phi) is 5.53. The highest BCUT2D eigenvalue weighted by Gasteiger charge is 2.40. The number of hydrogen-bond donors (Lipinski definition) is 0. The van der Waals surface area contributed by atoms with Crippen molar-refractivity contribution in [1.82, 2.24) is 4.90 Å². The molecule has 0 N–H and O–H groups in total. The standard InChI is InChI=1S/C20H17Cl2NO4/c1-11(25)27-13-4-5-15-16(10-13)20(26)23(2)19(15)14(7-8-24)12-3-6-17(21)18(22)9-12/h3-6,8-10,14,19H,7H2,1-2H3. The summed E-state index contributed by atoms with van der Waals surface area (Å²) in [5.74, 6) is -0.628. The lowest BCUT2D eigenvalue weighted by atomic mass is 9.85. The predicted molar refractivity (Wildman–Crippen MR) is 102 cm³/mol. The van der Waals surface area contributed by atoms with Crippen LogP contribution in [0.2, 0.25) is 10.0 Å². The maximum Gasteiger partial charge on any atom is 0.308 e. The minimum atomic E-state index is -0.458. The Morgan fingerprint density at radius 3 is 2.59 bits per heavy atom. The van der Waals surface area contributed by atoms with Crippen LogP contribution in [0.1, 0.15) is 46.8 Å². The molecule has 1 heterocycles. The van der Waals surface area contributed by atoms with Crippen LogP contribution in [0.15, 0.2) is 36.4 Å². The number of likely N-dealkylation sites (N-methyl/N-ethyl adjacent to an activating group) is 1. The van der Waals surface area contributed by atoms with E-state index in [1.165, 1.54) is 6.92 Å². The molecule has 0 aliphatic carbocycles. The molecule has 3 rings (SSSR count). The van der Waals surface area contributed by atoms with Gasteiger partial charge in [0.2, 0.25) is 0 Å². The normalized spacial score (nSPS) is 16.8. The fraction of sp³-hybridized carbons (Fsp3) is 0.250. The third-order valence-corrected chi connectivity index (χ3v) is 5.42. The number of esters is 1. The number of benzene rings is 2. The number of carbonyl (C=O) groups excluding carboxylic acids is 3. The van der Waals surface area contributed by atoms with Crippen LogP contribution in [0.5, 0.6) is 5.75 Å². The van der Waals surface area contributed by atoms with Crippen LogP contribution in [0.3, 0.4) is 0 Å². The minimum absolute atomic E-state index is 0.194. The van der Waals surface area contributed by atoms with E-state index in [4.69, 9.17) is 27.9 Å². The Labute approximate surface area is 166 Å². The van der Waals surface area contributed by atoms with Crippen LogP contribution in [-0.2, 0) is 9.59 Å². The highest BCUT2D eigenvalue weighted by atomic mass is 35.5. The Morgan fingerprint density at radius 2 is 1.96 bits per heavy atom. The van der Waals surface area contributed by atoms with E-state index in [1.54, 1.807) is 42.3 Å². The summed E-state index contributed by atoms with van der Waals surface area (Å²) in [4.78, 5) is 36.9. The first-order valence-electron chi connectivity index (χ1n) is 8.31. The lowest BCUT2D eigenvalue weighted by Crippen LogP contribution is -2.28. The van der Waals surface area contributed by atoms with Crippen molar-refractivity contribution in [2.75, 3.05) is 7.05 Å². The number of aldehydes is 1. The number of ether oxygens (including phenoxy) is 1. The van der Waals surface area contributed by atoms with Gasteiger partial charge in [-0.15, -0.1) is 0 Å². The summed E-state index contributed by atoms with van der Waals surface area (Å²) in [7, 11) is 1.69. The number of amides is 1. The highest BCUT2D eigenvalue weighted by molar-refractivity contribution is 6.42. The molecule has 1 amide bonds. The molecule has 27 heavy (non-hydrogen) atoms. The maximum atomic E-state index is 12.8. The fourth-order valence-electron chi connectivity index (χ4n) is 3.51. The maximum absolute atomic E-state index is 12.8. The summed E-state index contributed by atoms with van der Waals surface area (Å²) in [5, 5.41) is 0.815. The summed E-state index contributed by atoms with van der Waals surface area (Å²) < 4.78 is 5.08. The van der Waals surface area contributed by atoms with Crippen LogP contribution in [0.4, 0.5) is 0 Å². The number of rotatable bonds is 5. The number of hydrogen-bond acceptors (Lipinski definition) is 4. The average molecular weight is 406 g/mol. The largest absolute Gasteiger partial charge is 0.427 e. The van der Waals surface area contributed by atoms with Crippen molar-refractivity contribution in [3.8, 4) is 5.75 Å². The molecule has 5 nitrogen and oxygen atoms in total. The Balaban J connectivity index is 2.06. The smallest absolute Gasteiger partial charge is 0.308 e. The zero-order valence-corrected chi connectivity index (χ0v) is 16.3. The summed E-state index contributed by atoms with van der Waals surface area (Å²) >= 11 is 12.2. The van der Waals surface area contributed by atoms with Crippen LogP contribution < -0.4 is 4.74 Å². The quantitative estimate of drug-likeness (QED) is 0.419. The van der Waals surface area contributed by atoms with E-state index in [1.807, 2.05) is 6.07 Å². The average Bonchev–Trinajstić information content (AvgIpc) is 2.86. The third kappa shape index (κ3) is 3.70. The van der Waals surface area contributed by atoms with Gasteiger partial charge in [-0.05, 0) is 35.4 Å². The molecule has 7 heteroatoms. The van der Waals surface area contributed by atoms with Crippen molar-refractivity contribution in [1.29, 1.82) is 0 Å². The second kappa shape index (κ2) is 7.71. The summed E-state index contributed by atoms with van der Waals surface area (Å²) in [5.41, 5.74) is 2.05. The van der Waals surface area contributed by atoms with Crippen molar-refractivity contribution in [3.05, 3.63) is 63.1 Å². The molecule has 140 valence electrons. The molecule has 0 radical (unpaired) electrons. The van der Waals surface area contributed by atoms with Gasteiger partial charge in [-0.25, -0.2) is 0 Å². The van der Waals surface area contributed by atoms with Gasteiger partial charge in [-0.1, -0.05) is 35.3 Å². The van der Waals surface area contributed by atoms with Crippen molar-refractivity contribution >= 4 is 41.4 Å². The fourth-order valence-corrected chi connectivity index (χ4v) is 3.82. The SMILES string of the molecule is CC(=O)Oc1ccc2c(c1)C(=O)N(C)C2C(CC=O)c1ccc(Cl)c(Cl)c1. The predicted octanol–water partition coefficient (Wildman–Crippen LogP) is 4.42. The van der Waals surface area contributed by atoms with Gasteiger partial charge >= 0.3 is 5.97 Å². The van der Waals surface area contributed by atoms with Gasteiger partial charge in [0.1, 0.15) is 12.0 Å². The van der Waals surface area contributed by atoms with Gasteiger partial charge in [-0.3, -0.25) is 9.59 Å². The summed E-state index contributed by atoms with van der Waals surface area (Å²) in [6.45, 7) is 1.30. The van der Waals surface area contributed by atoms with Gasteiger partial charge in [0, 0.05) is 31.9 Å². The van der Waals surface area contributed by atoms with E-state index in [-0.39, 0.29) is 24.3 Å². The zero-order valence-electron chi connectivity index (χ0n) is 14.7. The second-order valence-electron chi connectivity index (χ2n) is 6.39. The monoisotopic (exact) mass is 405 g/mol. The molecule has 2 aromatic carbocycles. The number of nitrogens with zero attached hydrogens (tertiary/aromatic N) is 1. The molecule has 0 saturated heterocycles. The highest BCUT2D eigenvalue weighted by Crippen LogP contribution is 2.45.